The summed E-state index contributed by atoms with van der Waals surface area (Å²) in [5, 5.41) is 0. The molecule has 16 heavy (non-hydrogen) atoms. The van der Waals surface area contributed by atoms with E-state index in [2.05, 4.69) is 4.74 Å². The number of rotatable bonds is 7. The van der Waals surface area contributed by atoms with E-state index in [-0.39, 0.29) is 24.5 Å². The van der Waals surface area contributed by atoms with Gasteiger partial charge in [-0.25, -0.2) is 0 Å². The maximum Gasteiger partial charge on any atom is 0.323 e. The highest BCUT2D eigenvalue weighted by Gasteiger charge is 2.25. The zero-order valence-corrected chi connectivity index (χ0v) is 10.5. The lowest BCUT2D eigenvalue weighted by Crippen LogP contribution is -2.42. The monoisotopic (exact) mass is 231 g/mol. The molecule has 0 heterocycles. The van der Waals surface area contributed by atoms with Gasteiger partial charge in [0.25, 0.3) is 0 Å². The van der Waals surface area contributed by atoms with Crippen LogP contribution >= 0.6 is 0 Å². The maximum absolute atomic E-state index is 11.6. The first-order valence-electron chi connectivity index (χ1n) is 5.50. The number of nitrogens with zero attached hydrogens (tertiary/aromatic N) is 1. The van der Waals surface area contributed by atoms with Crippen molar-refractivity contribution in [3.05, 3.63) is 0 Å². The second-order valence-electron chi connectivity index (χ2n) is 3.55. The molecule has 0 saturated heterocycles. The van der Waals surface area contributed by atoms with Crippen molar-refractivity contribution in [2.75, 3.05) is 27.3 Å². The third-order valence-corrected chi connectivity index (χ3v) is 2.26. The average Bonchev–Trinajstić information content (AvgIpc) is 2.25. The van der Waals surface area contributed by atoms with Crippen LogP contribution in [-0.4, -0.2) is 50.2 Å². The fourth-order valence-corrected chi connectivity index (χ4v) is 1.41. The zero-order valence-electron chi connectivity index (χ0n) is 10.5. The summed E-state index contributed by atoms with van der Waals surface area (Å²) in [7, 11) is 3.05. The van der Waals surface area contributed by atoms with E-state index in [0.29, 0.717) is 13.0 Å². The number of ether oxygens (including phenoxy) is 2. The van der Waals surface area contributed by atoms with Gasteiger partial charge < -0.3 is 9.47 Å². The Hall–Kier alpha value is -1.10. The first-order chi connectivity index (χ1) is 7.56. The highest BCUT2D eigenvalue weighted by Crippen LogP contribution is 2.07. The molecule has 1 atom stereocenters. The normalized spacial score (nSPS) is 12.3. The molecule has 5 heteroatoms. The summed E-state index contributed by atoms with van der Waals surface area (Å²) in [5.74, 6) is -0.636. The Kier molecular flexibility index (Phi) is 7.54. The lowest BCUT2D eigenvalue weighted by atomic mass is 10.1. The molecule has 0 radical (unpaired) electrons. The van der Waals surface area contributed by atoms with Crippen LogP contribution in [-0.2, 0) is 19.1 Å². The van der Waals surface area contributed by atoms with Gasteiger partial charge in [-0.3, -0.25) is 14.5 Å². The van der Waals surface area contributed by atoms with Crippen LogP contribution in [0, 0.1) is 0 Å². The highest BCUT2D eigenvalue weighted by molar-refractivity contribution is 5.77. The standard InChI is InChI=1S/C11H21NO4/c1-5-7-9(11(14)16-6-2)12(3)8-10(13)15-4/h9H,5-8H2,1-4H3. The summed E-state index contributed by atoms with van der Waals surface area (Å²) in [4.78, 5) is 24.4. The van der Waals surface area contributed by atoms with E-state index in [4.69, 9.17) is 4.74 Å². The summed E-state index contributed by atoms with van der Waals surface area (Å²) >= 11 is 0. The van der Waals surface area contributed by atoms with Gasteiger partial charge in [-0.05, 0) is 20.4 Å². The minimum atomic E-state index is -0.371. The molecule has 0 saturated carbocycles. The van der Waals surface area contributed by atoms with Crippen LogP contribution in [0.25, 0.3) is 0 Å². The molecular weight excluding hydrogens is 210 g/mol. The number of methoxy groups -OCH3 is 1. The van der Waals surface area contributed by atoms with E-state index in [0.717, 1.165) is 6.42 Å². The van der Waals surface area contributed by atoms with Crippen molar-refractivity contribution in [3.8, 4) is 0 Å². The first kappa shape index (κ1) is 14.9. The number of hydrogen-bond acceptors (Lipinski definition) is 5. The molecule has 94 valence electrons. The van der Waals surface area contributed by atoms with Gasteiger partial charge in [-0.15, -0.1) is 0 Å². The number of esters is 2. The molecule has 0 rings (SSSR count). The summed E-state index contributed by atoms with van der Waals surface area (Å²) in [6.07, 6.45) is 1.53. The fourth-order valence-electron chi connectivity index (χ4n) is 1.41. The molecular formula is C11H21NO4. The maximum atomic E-state index is 11.6. The van der Waals surface area contributed by atoms with E-state index in [1.54, 1.807) is 18.9 Å². The van der Waals surface area contributed by atoms with Gasteiger partial charge in [0.2, 0.25) is 0 Å². The lowest BCUT2D eigenvalue weighted by molar-refractivity contribution is -0.151. The van der Waals surface area contributed by atoms with E-state index >= 15 is 0 Å². The summed E-state index contributed by atoms with van der Waals surface area (Å²) < 4.78 is 9.52. The number of likely N-dealkylation sites (N-methyl/N-ethyl adjacent to an activating group) is 1. The van der Waals surface area contributed by atoms with Crippen LogP contribution in [0.5, 0.6) is 0 Å². The van der Waals surface area contributed by atoms with Crippen LogP contribution in [0.3, 0.4) is 0 Å². The van der Waals surface area contributed by atoms with Gasteiger partial charge in [0.15, 0.2) is 0 Å². The van der Waals surface area contributed by atoms with Crippen molar-refractivity contribution in [1.29, 1.82) is 0 Å². The highest BCUT2D eigenvalue weighted by atomic mass is 16.5. The second-order valence-corrected chi connectivity index (χ2v) is 3.55. The SMILES string of the molecule is CCCC(C(=O)OCC)N(C)CC(=O)OC. The number of carbonyl (C=O) groups is 2. The van der Waals surface area contributed by atoms with Crippen LogP contribution < -0.4 is 0 Å². The Morgan fingerprint density at radius 1 is 1.31 bits per heavy atom. The van der Waals surface area contributed by atoms with Gasteiger partial charge in [-0.2, -0.15) is 0 Å². The van der Waals surface area contributed by atoms with Gasteiger partial charge in [0, 0.05) is 0 Å². The van der Waals surface area contributed by atoms with Crippen molar-refractivity contribution < 1.29 is 19.1 Å². The van der Waals surface area contributed by atoms with Gasteiger partial charge in [-0.1, -0.05) is 13.3 Å². The molecule has 0 bridgehead atoms. The molecule has 0 aliphatic heterocycles. The quantitative estimate of drug-likeness (QED) is 0.607. The third kappa shape index (κ3) is 5.11. The van der Waals surface area contributed by atoms with Crippen molar-refractivity contribution in [3.63, 3.8) is 0 Å². The lowest BCUT2D eigenvalue weighted by Gasteiger charge is -2.24. The van der Waals surface area contributed by atoms with E-state index in [1.807, 2.05) is 6.92 Å². The van der Waals surface area contributed by atoms with E-state index in [9.17, 15) is 9.59 Å². The summed E-state index contributed by atoms with van der Waals surface area (Å²) in [6.45, 7) is 4.20. The van der Waals surface area contributed by atoms with Crippen molar-refractivity contribution in [2.24, 2.45) is 0 Å². The van der Waals surface area contributed by atoms with Gasteiger partial charge in [0.1, 0.15) is 6.04 Å². The Labute approximate surface area is 96.7 Å². The Balaban J connectivity index is 4.38. The Morgan fingerprint density at radius 2 is 1.94 bits per heavy atom. The molecule has 0 amide bonds. The Morgan fingerprint density at radius 3 is 2.38 bits per heavy atom. The number of carbonyl (C=O) groups excluding carboxylic acids is 2. The van der Waals surface area contributed by atoms with Crippen molar-refractivity contribution >= 4 is 11.9 Å². The first-order valence-corrected chi connectivity index (χ1v) is 5.50. The molecule has 0 N–H and O–H groups in total. The molecule has 0 aromatic rings. The topological polar surface area (TPSA) is 55.8 Å². The average molecular weight is 231 g/mol. The molecule has 0 aliphatic carbocycles. The molecule has 1 unspecified atom stereocenters. The van der Waals surface area contributed by atoms with Crippen molar-refractivity contribution in [2.45, 2.75) is 32.7 Å². The third-order valence-electron chi connectivity index (χ3n) is 2.26. The minimum Gasteiger partial charge on any atom is -0.468 e. The van der Waals surface area contributed by atoms with Crippen LogP contribution in [0.1, 0.15) is 26.7 Å². The van der Waals surface area contributed by atoms with Gasteiger partial charge >= 0.3 is 11.9 Å². The molecule has 0 fully saturated rings. The summed E-state index contributed by atoms with van der Waals surface area (Å²) in [6, 6.07) is -0.371. The molecule has 0 spiro atoms. The number of hydrogen-bond donors (Lipinski definition) is 0. The van der Waals surface area contributed by atoms with Crippen LogP contribution in [0.4, 0.5) is 0 Å². The zero-order chi connectivity index (χ0) is 12.6. The van der Waals surface area contributed by atoms with E-state index < -0.39 is 0 Å². The molecule has 0 aromatic carbocycles. The predicted molar refractivity (Wildman–Crippen MR) is 60.0 cm³/mol. The second kappa shape index (κ2) is 8.10. The van der Waals surface area contributed by atoms with Crippen molar-refractivity contribution in [1.82, 2.24) is 4.90 Å². The summed E-state index contributed by atoms with van der Waals surface area (Å²) in [5.41, 5.74) is 0. The fraction of sp³-hybridized carbons (Fsp3) is 0.818. The smallest absolute Gasteiger partial charge is 0.323 e. The predicted octanol–water partition coefficient (Wildman–Crippen LogP) is 0.823. The Bertz CT molecular complexity index is 230. The molecule has 0 aliphatic rings. The van der Waals surface area contributed by atoms with Crippen LogP contribution in [0.2, 0.25) is 0 Å². The molecule has 5 nitrogen and oxygen atoms in total. The molecule has 0 aromatic heterocycles. The van der Waals surface area contributed by atoms with Gasteiger partial charge in [0.05, 0.1) is 20.3 Å². The van der Waals surface area contributed by atoms with Crippen LogP contribution in [0.15, 0.2) is 0 Å². The van der Waals surface area contributed by atoms with E-state index in [1.165, 1.54) is 7.11 Å². The minimum absolute atomic E-state index is 0.0972. The largest absolute Gasteiger partial charge is 0.468 e.